The Balaban J connectivity index is 2.74. The molecular weight excluding hydrogens is 260 g/mol. The summed E-state index contributed by atoms with van der Waals surface area (Å²) in [6.45, 7) is 17.7. The zero-order chi connectivity index (χ0) is 14.2. The van der Waals surface area contributed by atoms with Crippen molar-refractivity contribution in [3.8, 4) is 0 Å². The van der Waals surface area contributed by atoms with Gasteiger partial charge in [-0.25, -0.2) is 0 Å². The van der Waals surface area contributed by atoms with E-state index in [1.54, 1.807) is 0 Å². The predicted molar refractivity (Wildman–Crippen MR) is 83.9 cm³/mol. The molecule has 0 aromatic carbocycles. The van der Waals surface area contributed by atoms with Crippen LogP contribution in [-0.2, 0) is 4.43 Å². The summed E-state index contributed by atoms with van der Waals surface area (Å²) < 4.78 is 6.52. The smallest absolute Gasteiger partial charge is 0.192 e. The fraction of sp³-hybridized carbons (Fsp3) is 0.867. The van der Waals surface area contributed by atoms with Gasteiger partial charge in [-0.1, -0.05) is 33.8 Å². The van der Waals surface area contributed by atoms with Crippen molar-refractivity contribution in [3.05, 3.63) is 12.7 Å². The molecule has 0 saturated heterocycles. The lowest BCUT2D eigenvalue weighted by Crippen LogP contribution is -2.47. The molecular formula is C15H29ClOSi. The molecule has 106 valence electrons. The minimum absolute atomic E-state index is 0.0207. The highest BCUT2D eigenvalue weighted by Gasteiger charge is 2.43. The van der Waals surface area contributed by atoms with E-state index in [0.29, 0.717) is 6.10 Å². The van der Waals surface area contributed by atoms with Gasteiger partial charge in [-0.3, -0.25) is 0 Å². The van der Waals surface area contributed by atoms with E-state index in [1.807, 2.05) is 6.08 Å². The maximum absolute atomic E-state index is 6.52. The molecule has 1 rings (SSSR count). The second-order valence-corrected chi connectivity index (χ2v) is 12.7. The minimum Gasteiger partial charge on any atom is -0.414 e. The monoisotopic (exact) mass is 288 g/mol. The molecule has 18 heavy (non-hydrogen) atoms. The van der Waals surface area contributed by atoms with E-state index in [0.717, 1.165) is 19.3 Å². The summed E-state index contributed by atoms with van der Waals surface area (Å²) in [4.78, 5) is 0. The fourth-order valence-corrected chi connectivity index (χ4v) is 3.98. The Morgan fingerprint density at radius 3 is 2.33 bits per heavy atom. The first-order chi connectivity index (χ1) is 8.02. The molecule has 0 heterocycles. The third kappa shape index (κ3) is 3.40. The second kappa shape index (κ2) is 5.30. The molecule has 0 spiro atoms. The lowest BCUT2D eigenvalue weighted by atomic mass is 9.74. The number of hydrogen-bond donors (Lipinski definition) is 0. The van der Waals surface area contributed by atoms with Crippen LogP contribution in [0.5, 0.6) is 0 Å². The summed E-state index contributed by atoms with van der Waals surface area (Å²) in [7, 11) is -1.67. The van der Waals surface area contributed by atoms with Gasteiger partial charge in [-0.15, -0.1) is 18.2 Å². The van der Waals surface area contributed by atoms with Gasteiger partial charge in [0, 0.05) is 16.9 Å². The predicted octanol–water partition coefficient (Wildman–Crippen LogP) is 5.36. The zero-order valence-electron chi connectivity index (χ0n) is 12.8. The largest absolute Gasteiger partial charge is 0.414 e. The molecule has 0 aromatic heterocycles. The Kier molecular flexibility index (Phi) is 4.79. The van der Waals surface area contributed by atoms with Crippen LogP contribution in [0.25, 0.3) is 0 Å². The highest BCUT2D eigenvalue weighted by Crippen LogP contribution is 2.45. The van der Waals surface area contributed by atoms with E-state index in [9.17, 15) is 0 Å². The summed E-state index contributed by atoms with van der Waals surface area (Å²) in [6.07, 6.45) is 5.50. The first kappa shape index (κ1) is 16.3. The zero-order valence-corrected chi connectivity index (χ0v) is 14.6. The lowest BCUT2D eigenvalue weighted by molar-refractivity contribution is 0.0900. The van der Waals surface area contributed by atoms with Crippen LogP contribution in [-0.4, -0.2) is 19.8 Å². The van der Waals surface area contributed by atoms with Crippen LogP contribution < -0.4 is 0 Å². The first-order valence-corrected chi connectivity index (χ1v) is 10.3. The van der Waals surface area contributed by atoms with Gasteiger partial charge in [0.25, 0.3) is 0 Å². The van der Waals surface area contributed by atoms with E-state index in [2.05, 4.69) is 47.4 Å². The van der Waals surface area contributed by atoms with E-state index in [1.165, 1.54) is 0 Å². The van der Waals surface area contributed by atoms with Crippen LogP contribution in [0.2, 0.25) is 18.1 Å². The summed E-state index contributed by atoms with van der Waals surface area (Å²) in [5.74, 6) is 0. The molecule has 3 heteroatoms. The van der Waals surface area contributed by atoms with Crippen LogP contribution in [0.15, 0.2) is 12.7 Å². The van der Waals surface area contributed by atoms with Crippen molar-refractivity contribution in [2.75, 3.05) is 0 Å². The van der Waals surface area contributed by atoms with Gasteiger partial charge in [-0.05, 0) is 37.4 Å². The van der Waals surface area contributed by atoms with Gasteiger partial charge in [0.1, 0.15) is 0 Å². The summed E-state index contributed by atoms with van der Waals surface area (Å²) in [5, 5.41) is 0.476. The van der Waals surface area contributed by atoms with E-state index >= 15 is 0 Å². The first-order valence-electron chi connectivity index (χ1n) is 6.97. The average Bonchev–Trinajstić information content (AvgIpc) is 2.21. The van der Waals surface area contributed by atoms with Crippen molar-refractivity contribution in [1.82, 2.24) is 0 Å². The summed E-state index contributed by atoms with van der Waals surface area (Å²) >= 11 is 6.43. The highest BCUT2D eigenvalue weighted by atomic mass is 35.5. The van der Waals surface area contributed by atoms with Crippen molar-refractivity contribution in [1.29, 1.82) is 0 Å². The molecule has 0 radical (unpaired) electrons. The Morgan fingerprint density at radius 2 is 1.89 bits per heavy atom. The van der Waals surface area contributed by atoms with Gasteiger partial charge in [-0.2, -0.15) is 0 Å². The number of halogens is 1. The van der Waals surface area contributed by atoms with Crippen molar-refractivity contribution < 1.29 is 4.43 Å². The molecule has 0 bridgehead atoms. The Bertz CT molecular complexity index is 308. The molecule has 0 unspecified atom stereocenters. The molecule has 1 aliphatic carbocycles. The molecule has 0 amide bonds. The molecule has 1 saturated carbocycles. The van der Waals surface area contributed by atoms with E-state index in [4.69, 9.17) is 16.0 Å². The van der Waals surface area contributed by atoms with Gasteiger partial charge in [0.05, 0.1) is 0 Å². The number of allylic oxidation sites excluding steroid dienone is 1. The van der Waals surface area contributed by atoms with Gasteiger partial charge >= 0.3 is 0 Å². The van der Waals surface area contributed by atoms with Crippen LogP contribution in [0.4, 0.5) is 0 Å². The van der Waals surface area contributed by atoms with Gasteiger partial charge < -0.3 is 4.43 Å². The van der Waals surface area contributed by atoms with E-state index < -0.39 is 8.32 Å². The van der Waals surface area contributed by atoms with Gasteiger partial charge in [0.15, 0.2) is 8.32 Å². The molecule has 3 atom stereocenters. The van der Waals surface area contributed by atoms with Crippen molar-refractivity contribution in [2.45, 2.75) is 76.6 Å². The fourth-order valence-electron chi connectivity index (χ4n) is 2.29. The molecule has 0 aromatic rings. The summed E-state index contributed by atoms with van der Waals surface area (Å²) in [5.41, 5.74) is 0.0207. The maximum atomic E-state index is 6.52. The van der Waals surface area contributed by atoms with Crippen molar-refractivity contribution in [3.63, 3.8) is 0 Å². The topological polar surface area (TPSA) is 9.23 Å². The minimum atomic E-state index is -1.67. The SMILES string of the molecule is C=C[C@@]1(C)C[C@H](O[Si](C)(C)C(C)(C)C)CC[C@H]1Cl. The van der Waals surface area contributed by atoms with Crippen LogP contribution in [0, 0.1) is 5.41 Å². The number of rotatable bonds is 3. The average molecular weight is 289 g/mol. The Morgan fingerprint density at radius 1 is 1.33 bits per heavy atom. The van der Waals surface area contributed by atoms with Crippen molar-refractivity contribution in [2.24, 2.45) is 5.41 Å². The summed E-state index contributed by atoms with van der Waals surface area (Å²) in [6, 6.07) is 0. The third-order valence-corrected chi connectivity index (χ3v) is 10.1. The van der Waals surface area contributed by atoms with Crippen LogP contribution >= 0.6 is 11.6 Å². The van der Waals surface area contributed by atoms with E-state index in [-0.39, 0.29) is 15.8 Å². The highest BCUT2D eigenvalue weighted by molar-refractivity contribution is 6.74. The van der Waals surface area contributed by atoms with Gasteiger partial charge in [0.2, 0.25) is 0 Å². The van der Waals surface area contributed by atoms with Crippen molar-refractivity contribution >= 4 is 19.9 Å². The molecule has 1 aliphatic rings. The molecule has 1 nitrogen and oxygen atoms in total. The Labute approximate surface area is 119 Å². The normalized spacial score (nSPS) is 34.4. The Hall–Kier alpha value is 0.207. The number of alkyl halides is 1. The molecule has 1 fully saturated rings. The number of hydrogen-bond acceptors (Lipinski definition) is 1. The maximum Gasteiger partial charge on any atom is 0.192 e. The van der Waals surface area contributed by atoms with Crippen LogP contribution in [0.1, 0.15) is 47.0 Å². The molecule has 0 aliphatic heterocycles. The standard InChI is InChI=1S/C15H29ClOSi/c1-8-15(5)11-12(9-10-13(15)16)17-18(6,7)14(2,3)4/h8,12-13H,1,9-11H2,2-7H3/t12-,13-,15+/m1/s1. The quantitative estimate of drug-likeness (QED) is 0.386. The second-order valence-electron chi connectivity index (χ2n) is 7.46. The lowest BCUT2D eigenvalue weighted by Gasteiger charge is -2.45. The molecule has 0 N–H and O–H groups in total. The van der Waals surface area contributed by atoms with Crippen LogP contribution in [0.3, 0.4) is 0 Å². The third-order valence-electron chi connectivity index (χ3n) is 4.86.